The first kappa shape index (κ1) is 18.3. The van der Waals surface area contributed by atoms with Gasteiger partial charge in [0.15, 0.2) is 11.5 Å². The largest absolute Gasteiger partial charge is 0.493 e. The molecule has 1 fully saturated rings. The topological polar surface area (TPSA) is 69.6 Å². The van der Waals surface area contributed by atoms with Crippen molar-refractivity contribution >= 4 is 0 Å². The molecule has 0 unspecified atom stereocenters. The molecule has 2 heterocycles. The van der Waals surface area contributed by atoms with Crippen molar-refractivity contribution in [1.29, 1.82) is 0 Å². The molecule has 2 aliphatic heterocycles. The van der Waals surface area contributed by atoms with Crippen molar-refractivity contribution in [3.63, 3.8) is 0 Å². The molecule has 7 heteroatoms. The molecule has 2 aliphatic rings. The Labute approximate surface area is 148 Å². The molecular weight excluding hydrogens is 326 g/mol. The molecule has 1 N–H and O–H groups in total. The van der Waals surface area contributed by atoms with Crippen LogP contribution in [0.1, 0.15) is 12.0 Å². The minimum atomic E-state index is -0.592. The van der Waals surface area contributed by atoms with Crippen LogP contribution in [0.3, 0.4) is 0 Å². The van der Waals surface area contributed by atoms with E-state index >= 15 is 0 Å². The van der Waals surface area contributed by atoms with E-state index < -0.39 is 6.10 Å². The Hall–Kier alpha value is -1.54. The van der Waals surface area contributed by atoms with Crippen molar-refractivity contribution in [3.8, 4) is 17.2 Å². The zero-order chi connectivity index (χ0) is 17.8. The lowest BCUT2D eigenvalue weighted by Crippen LogP contribution is -2.55. The summed E-state index contributed by atoms with van der Waals surface area (Å²) in [5, 5.41) is 10.5. The number of hydrogen-bond donors (Lipinski definition) is 1. The van der Waals surface area contributed by atoms with E-state index in [0.29, 0.717) is 50.2 Å². The minimum absolute atomic E-state index is 0.138. The number of ether oxygens (including phenoxy) is 5. The molecule has 0 aliphatic carbocycles. The van der Waals surface area contributed by atoms with Gasteiger partial charge in [0.1, 0.15) is 12.2 Å². The second-order valence-corrected chi connectivity index (χ2v) is 6.46. The highest BCUT2D eigenvalue weighted by Gasteiger charge is 2.35. The quantitative estimate of drug-likeness (QED) is 0.849. The molecule has 0 saturated carbocycles. The van der Waals surface area contributed by atoms with Crippen molar-refractivity contribution in [2.45, 2.75) is 31.2 Å². The van der Waals surface area contributed by atoms with Crippen LogP contribution in [0, 0.1) is 0 Å². The number of nitrogens with zero attached hydrogens (tertiary/aromatic N) is 1. The first-order chi connectivity index (χ1) is 12.1. The molecule has 0 amide bonds. The lowest BCUT2D eigenvalue weighted by molar-refractivity contribution is -0.142. The van der Waals surface area contributed by atoms with Crippen LogP contribution in [0.5, 0.6) is 17.2 Å². The second kappa shape index (κ2) is 8.23. The Morgan fingerprint density at radius 1 is 1.20 bits per heavy atom. The Morgan fingerprint density at radius 2 is 2.00 bits per heavy atom. The fourth-order valence-electron chi connectivity index (χ4n) is 3.29. The first-order valence-corrected chi connectivity index (χ1v) is 8.59. The van der Waals surface area contributed by atoms with Gasteiger partial charge >= 0.3 is 0 Å². The van der Waals surface area contributed by atoms with Crippen molar-refractivity contribution < 1.29 is 28.8 Å². The number of aliphatic hydroxyl groups is 1. The summed E-state index contributed by atoms with van der Waals surface area (Å²) in [6, 6.07) is 3.79. The standard InChI is InChI=1S/C18H27NO6/c1-19(13-10-23-11-16(22-3)17(13)20)9-12-7-14(21-2)18-15(8-12)24-5-4-6-25-18/h7-8,13,16-17,20H,4-6,9-11H2,1-3H3/t13-,16-,17+/m1/s1. The zero-order valence-corrected chi connectivity index (χ0v) is 15.1. The number of benzene rings is 1. The van der Waals surface area contributed by atoms with E-state index in [-0.39, 0.29) is 12.1 Å². The van der Waals surface area contributed by atoms with E-state index in [1.165, 1.54) is 0 Å². The average Bonchev–Trinajstić information content (AvgIpc) is 2.86. The summed E-state index contributed by atoms with van der Waals surface area (Å²) in [5.41, 5.74) is 1.02. The molecule has 25 heavy (non-hydrogen) atoms. The van der Waals surface area contributed by atoms with Crippen LogP contribution in [0.4, 0.5) is 0 Å². The summed E-state index contributed by atoms with van der Waals surface area (Å²) >= 11 is 0. The average molecular weight is 353 g/mol. The fourth-order valence-corrected chi connectivity index (χ4v) is 3.29. The van der Waals surface area contributed by atoms with Gasteiger partial charge in [-0.05, 0) is 24.7 Å². The number of hydrogen-bond acceptors (Lipinski definition) is 7. The van der Waals surface area contributed by atoms with E-state index in [1.807, 2.05) is 19.2 Å². The van der Waals surface area contributed by atoms with Crippen LogP contribution in [-0.4, -0.2) is 76.0 Å². The van der Waals surface area contributed by atoms with E-state index in [0.717, 1.165) is 12.0 Å². The van der Waals surface area contributed by atoms with Crippen molar-refractivity contribution in [1.82, 2.24) is 4.90 Å². The van der Waals surface area contributed by atoms with E-state index in [1.54, 1.807) is 14.2 Å². The van der Waals surface area contributed by atoms with Crippen LogP contribution in [0.25, 0.3) is 0 Å². The van der Waals surface area contributed by atoms with E-state index in [4.69, 9.17) is 23.7 Å². The van der Waals surface area contributed by atoms with Gasteiger partial charge in [-0.1, -0.05) is 0 Å². The van der Waals surface area contributed by atoms with Crippen molar-refractivity contribution in [2.75, 3.05) is 47.7 Å². The molecule has 0 bridgehead atoms. The summed E-state index contributed by atoms with van der Waals surface area (Å²) < 4.78 is 27.9. The molecule has 140 valence electrons. The molecular formula is C18H27NO6. The van der Waals surface area contributed by atoms with Gasteiger partial charge in [-0.2, -0.15) is 0 Å². The van der Waals surface area contributed by atoms with Gasteiger partial charge in [-0.25, -0.2) is 0 Å². The molecule has 0 aromatic heterocycles. The lowest BCUT2D eigenvalue weighted by atomic mass is 10.0. The smallest absolute Gasteiger partial charge is 0.203 e. The maximum absolute atomic E-state index is 10.5. The first-order valence-electron chi connectivity index (χ1n) is 8.59. The summed E-state index contributed by atoms with van der Waals surface area (Å²) in [6.07, 6.45) is -0.0533. The third-order valence-corrected chi connectivity index (χ3v) is 4.74. The lowest BCUT2D eigenvalue weighted by Gasteiger charge is -2.39. The summed E-state index contributed by atoms with van der Waals surface area (Å²) in [4.78, 5) is 2.06. The second-order valence-electron chi connectivity index (χ2n) is 6.46. The zero-order valence-electron chi connectivity index (χ0n) is 15.1. The van der Waals surface area contributed by atoms with Gasteiger partial charge < -0.3 is 28.8 Å². The molecule has 1 saturated heterocycles. The molecule has 3 rings (SSSR count). The molecule has 1 aromatic rings. The van der Waals surface area contributed by atoms with Gasteiger partial charge in [0.2, 0.25) is 5.75 Å². The van der Waals surface area contributed by atoms with Gasteiger partial charge in [0.05, 0.1) is 39.6 Å². The van der Waals surface area contributed by atoms with Crippen LogP contribution in [-0.2, 0) is 16.0 Å². The molecule has 1 aromatic carbocycles. The van der Waals surface area contributed by atoms with Crippen LogP contribution < -0.4 is 14.2 Å². The maximum Gasteiger partial charge on any atom is 0.203 e. The summed E-state index contributed by atoms with van der Waals surface area (Å²) in [5.74, 6) is 2.03. The van der Waals surface area contributed by atoms with E-state index in [2.05, 4.69) is 4.90 Å². The highest BCUT2D eigenvalue weighted by molar-refractivity contribution is 5.54. The molecule has 7 nitrogen and oxygen atoms in total. The number of rotatable bonds is 5. The minimum Gasteiger partial charge on any atom is -0.493 e. The van der Waals surface area contributed by atoms with E-state index in [9.17, 15) is 5.11 Å². The summed E-state index contributed by atoms with van der Waals surface area (Å²) in [7, 11) is 5.18. The maximum atomic E-state index is 10.5. The normalized spacial score (nSPS) is 26.4. The molecule has 0 radical (unpaired) electrons. The SMILES string of the molecule is COc1cc(CN(C)[C@@H]2COC[C@@H](OC)[C@H]2O)cc2c1OCCCO2. The van der Waals surface area contributed by atoms with Gasteiger partial charge in [0.25, 0.3) is 0 Å². The number of likely N-dealkylation sites (N-methyl/N-ethyl adjacent to an activating group) is 1. The third-order valence-electron chi connectivity index (χ3n) is 4.74. The fraction of sp³-hybridized carbons (Fsp3) is 0.667. The number of aliphatic hydroxyl groups excluding tert-OH is 1. The highest BCUT2D eigenvalue weighted by atomic mass is 16.6. The number of fused-ring (bicyclic) bond motifs is 1. The summed E-state index contributed by atoms with van der Waals surface area (Å²) in [6.45, 7) is 2.75. The van der Waals surface area contributed by atoms with Gasteiger partial charge in [-0.15, -0.1) is 0 Å². The predicted molar refractivity (Wildman–Crippen MR) is 91.5 cm³/mol. The monoisotopic (exact) mass is 353 g/mol. The Kier molecular flexibility index (Phi) is 6.01. The number of methoxy groups -OCH3 is 2. The van der Waals surface area contributed by atoms with Crippen LogP contribution >= 0.6 is 0 Å². The van der Waals surface area contributed by atoms with Crippen molar-refractivity contribution in [3.05, 3.63) is 17.7 Å². The highest BCUT2D eigenvalue weighted by Crippen LogP contribution is 2.40. The predicted octanol–water partition coefficient (Wildman–Crippen LogP) is 1.06. The third kappa shape index (κ3) is 4.00. The Bertz CT molecular complexity index is 581. The van der Waals surface area contributed by atoms with Crippen LogP contribution in [0.2, 0.25) is 0 Å². The molecule has 0 spiro atoms. The molecule has 3 atom stereocenters. The van der Waals surface area contributed by atoms with Crippen LogP contribution in [0.15, 0.2) is 12.1 Å². The Morgan fingerprint density at radius 3 is 2.76 bits per heavy atom. The Balaban J connectivity index is 1.76. The van der Waals surface area contributed by atoms with Crippen molar-refractivity contribution in [2.24, 2.45) is 0 Å². The van der Waals surface area contributed by atoms with Gasteiger partial charge in [0, 0.05) is 20.1 Å². The van der Waals surface area contributed by atoms with Gasteiger partial charge in [-0.3, -0.25) is 4.90 Å².